The number of aromatic nitrogens is 2. The van der Waals surface area contributed by atoms with Crippen molar-refractivity contribution in [3.05, 3.63) is 40.0 Å². The van der Waals surface area contributed by atoms with Crippen molar-refractivity contribution in [3.63, 3.8) is 0 Å². The first kappa shape index (κ1) is 13.5. The fraction of sp³-hybridized carbons (Fsp3) is 0.357. The summed E-state index contributed by atoms with van der Waals surface area (Å²) < 4.78 is 0. The number of thiazole rings is 1. The predicted octanol–water partition coefficient (Wildman–Crippen LogP) is 3.32. The van der Waals surface area contributed by atoms with Crippen molar-refractivity contribution < 1.29 is 0 Å². The van der Waals surface area contributed by atoms with Crippen LogP contribution in [-0.2, 0) is 12.0 Å². The van der Waals surface area contributed by atoms with Gasteiger partial charge in [0, 0.05) is 22.7 Å². The number of rotatable bonds is 3. The monoisotopic (exact) mass is 272 g/mol. The van der Waals surface area contributed by atoms with E-state index in [-0.39, 0.29) is 5.41 Å². The molecule has 0 bridgehead atoms. The van der Waals surface area contributed by atoms with E-state index >= 15 is 0 Å². The Kier molecular flexibility index (Phi) is 3.82. The maximum atomic E-state index is 8.83. The summed E-state index contributed by atoms with van der Waals surface area (Å²) in [5.74, 6) is 0.713. The van der Waals surface area contributed by atoms with Gasteiger partial charge in [-0.15, -0.1) is 11.3 Å². The van der Waals surface area contributed by atoms with E-state index in [1.165, 1.54) is 0 Å². The van der Waals surface area contributed by atoms with Crippen LogP contribution in [0.2, 0.25) is 0 Å². The molecule has 0 saturated carbocycles. The third-order valence-corrected chi connectivity index (χ3v) is 3.95. The largest absolute Gasteiger partial charge is 0.365 e. The lowest BCUT2D eigenvalue weighted by atomic mass is 9.98. The van der Waals surface area contributed by atoms with Gasteiger partial charge in [-0.1, -0.05) is 20.8 Å². The summed E-state index contributed by atoms with van der Waals surface area (Å²) in [5.41, 5.74) is 0.694. The van der Waals surface area contributed by atoms with Crippen LogP contribution >= 0.6 is 11.3 Å². The molecule has 1 N–H and O–H groups in total. The van der Waals surface area contributed by atoms with Crippen LogP contribution in [0.1, 0.15) is 36.2 Å². The lowest BCUT2D eigenvalue weighted by Gasteiger charge is -2.13. The van der Waals surface area contributed by atoms with Crippen molar-refractivity contribution in [1.82, 2.24) is 9.97 Å². The normalized spacial score (nSPS) is 11.1. The van der Waals surface area contributed by atoms with E-state index in [4.69, 9.17) is 5.26 Å². The van der Waals surface area contributed by atoms with Crippen LogP contribution in [0.25, 0.3) is 0 Å². The second-order valence-corrected chi connectivity index (χ2v) is 6.39. The molecule has 5 heteroatoms. The summed E-state index contributed by atoms with van der Waals surface area (Å²) in [6.07, 6.45) is 3.53. The molecular weight excluding hydrogens is 256 g/mol. The Morgan fingerprint density at radius 3 is 2.79 bits per heavy atom. The minimum atomic E-state index is 0.0852. The highest BCUT2D eigenvalue weighted by Crippen LogP contribution is 2.27. The van der Waals surface area contributed by atoms with Crippen molar-refractivity contribution in [1.29, 1.82) is 5.26 Å². The van der Waals surface area contributed by atoms with Crippen LogP contribution in [-0.4, -0.2) is 9.97 Å². The molecule has 0 aliphatic carbocycles. The van der Waals surface area contributed by atoms with Crippen LogP contribution in [0.5, 0.6) is 0 Å². The van der Waals surface area contributed by atoms with Crippen molar-refractivity contribution in [2.75, 3.05) is 5.32 Å². The fourth-order valence-corrected chi connectivity index (χ4v) is 2.42. The minimum absolute atomic E-state index is 0.0852. The zero-order valence-corrected chi connectivity index (χ0v) is 12.1. The van der Waals surface area contributed by atoms with Gasteiger partial charge in [-0.2, -0.15) is 5.26 Å². The lowest BCUT2D eigenvalue weighted by Crippen LogP contribution is -2.09. The first-order valence-corrected chi connectivity index (χ1v) is 6.86. The lowest BCUT2D eigenvalue weighted by molar-refractivity contribution is 0.585. The Balaban J connectivity index is 2.03. The fourth-order valence-electron chi connectivity index (χ4n) is 1.51. The smallest absolute Gasteiger partial charge is 0.127 e. The molecule has 0 amide bonds. The zero-order valence-electron chi connectivity index (χ0n) is 11.3. The third-order valence-electron chi connectivity index (χ3n) is 2.53. The number of hydrogen-bond donors (Lipinski definition) is 1. The Morgan fingerprint density at radius 2 is 2.16 bits per heavy atom. The molecule has 0 aromatic carbocycles. The molecule has 0 unspecified atom stereocenters. The SMILES string of the molecule is CC(C)(C)c1ncc(CNc2cc(C#N)ccn2)s1. The van der Waals surface area contributed by atoms with E-state index in [2.05, 4.69) is 42.1 Å². The maximum Gasteiger partial charge on any atom is 0.127 e. The van der Waals surface area contributed by atoms with Gasteiger partial charge in [-0.3, -0.25) is 0 Å². The van der Waals surface area contributed by atoms with Crippen LogP contribution in [0.3, 0.4) is 0 Å². The summed E-state index contributed by atoms with van der Waals surface area (Å²) >= 11 is 1.70. The first-order chi connectivity index (χ1) is 8.99. The van der Waals surface area contributed by atoms with Crippen molar-refractivity contribution in [2.24, 2.45) is 0 Å². The van der Waals surface area contributed by atoms with Gasteiger partial charge < -0.3 is 5.32 Å². The molecular formula is C14H16N4S. The van der Waals surface area contributed by atoms with Gasteiger partial charge in [0.15, 0.2) is 0 Å². The van der Waals surface area contributed by atoms with Gasteiger partial charge >= 0.3 is 0 Å². The topological polar surface area (TPSA) is 61.6 Å². The van der Waals surface area contributed by atoms with E-state index in [1.54, 1.807) is 29.7 Å². The number of pyridine rings is 1. The van der Waals surface area contributed by atoms with E-state index in [9.17, 15) is 0 Å². The molecule has 0 atom stereocenters. The number of nitriles is 1. The summed E-state index contributed by atoms with van der Waals surface area (Å²) in [5, 5.41) is 13.2. The van der Waals surface area contributed by atoms with E-state index in [0.29, 0.717) is 17.9 Å². The molecule has 19 heavy (non-hydrogen) atoms. The van der Waals surface area contributed by atoms with Gasteiger partial charge in [-0.25, -0.2) is 9.97 Å². The van der Waals surface area contributed by atoms with E-state index in [0.717, 1.165) is 9.88 Å². The average molecular weight is 272 g/mol. The third kappa shape index (κ3) is 3.52. The molecule has 0 aliphatic heterocycles. The van der Waals surface area contributed by atoms with Crippen molar-refractivity contribution in [2.45, 2.75) is 32.7 Å². The molecule has 2 aromatic heterocycles. The molecule has 4 nitrogen and oxygen atoms in total. The molecule has 0 saturated heterocycles. The van der Waals surface area contributed by atoms with Gasteiger partial charge in [0.2, 0.25) is 0 Å². The van der Waals surface area contributed by atoms with Crippen LogP contribution in [0, 0.1) is 11.3 Å². The van der Waals surface area contributed by atoms with Gasteiger partial charge in [-0.05, 0) is 12.1 Å². The highest BCUT2D eigenvalue weighted by atomic mass is 32.1. The summed E-state index contributed by atoms with van der Waals surface area (Å²) in [6.45, 7) is 7.14. The molecule has 2 aromatic rings. The van der Waals surface area contributed by atoms with Crippen LogP contribution in [0.4, 0.5) is 5.82 Å². The molecule has 98 valence electrons. The number of nitrogens with one attached hydrogen (secondary N) is 1. The van der Waals surface area contributed by atoms with Crippen LogP contribution < -0.4 is 5.32 Å². The Labute approximate surface area is 117 Å². The second kappa shape index (κ2) is 5.37. The Bertz CT molecular complexity index is 604. The second-order valence-electron chi connectivity index (χ2n) is 5.28. The van der Waals surface area contributed by atoms with Gasteiger partial charge in [0.25, 0.3) is 0 Å². The highest BCUT2D eigenvalue weighted by Gasteiger charge is 2.17. The maximum absolute atomic E-state index is 8.83. The standard InChI is InChI=1S/C14H16N4S/c1-14(2,3)13-18-9-11(19-13)8-17-12-6-10(7-15)4-5-16-12/h4-6,9H,8H2,1-3H3,(H,16,17). The molecule has 0 radical (unpaired) electrons. The van der Waals surface area contributed by atoms with Crippen molar-refractivity contribution in [3.8, 4) is 6.07 Å². The quantitative estimate of drug-likeness (QED) is 0.931. The summed E-state index contributed by atoms with van der Waals surface area (Å²) in [4.78, 5) is 9.78. The highest BCUT2D eigenvalue weighted by molar-refractivity contribution is 7.11. The Hall–Kier alpha value is -1.93. The number of anilines is 1. The molecule has 2 rings (SSSR count). The van der Waals surface area contributed by atoms with Crippen molar-refractivity contribution >= 4 is 17.2 Å². The zero-order chi connectivity index (χ0) is 13.9. The van der Waals surface area contributed by atoms with Gasteiger partial charge in [0.05, 0.1) is 23.2 Å². The summed E-state index contributed by atoms with van der Waals surface area (Å²) in [7, 11) is 0. The molecule has 0 spiro atoms. The molecule has 2 heterocycles. The van der Waals surface area contributed by atoms with E-state index in [1.807, 2.05) is 6.20 Å². The van der Waals surface area contributed by atoms with Gasteiger partial charge in [0.1, 0.15) is 5.82 Å². The number of hydrogen-bond acceptors (Lipinski definition) is 5. The molecule has 0 fully saturated rings. The van der Waals surface area contributed by atoms with Crippen LogP contribution in [0.15, 0.2) is 24.5 Å². The average Bonchev–Trinajstić information content (AvgIpc) is 2.85. The Morgan fingerprint density at radius 1 is 1.37 bits per heavy atom. The summed E-state index contributed by atoms with van der Waals surface area (Å²) in [6, 6.07) is 5.53. The minimum Gasteiger partial charge on any atom is -0.365 e. The first-order valence-electron chi connectivity index (χ1n) is 6.04. The predicted molar refractivity (Wildman–Crippen MR) is 77.1 cm³/mol. The number of nitrogens with zero attached hydrogens (tertiary/aromatic N) is 3. The van der Waals surface area contributed by atoms with E-state index < -0.39 is 0 Å². The molecule has 0 aliphatic rings.